The van der Waals surface area contributed by atoms with Gasteiger partial charge in [0.15, 0.2) is 0 Å². The SMILES string of the molecule is CCC(C)CC1(N)CCCc2c(N)cccc21. The molecule has 94 valence electrons. The third-order valence-electron chi connectivity index (χ3n) is 4.21. The number of anilines is 1. The Morgan fingerprint density at radius 2 is 2.18 bits per heavy atom. The summed E-state index contributed by atoms with van der Waals surface area (Å²) in [7, 11) is 0. The quantitative estimate of drug-likeness (QED) is 0.786. The van der Waals surface area contributed by atoms with E-state index < -0.39 is 0 Å². The van der Waals surface area contributed by atoms with Crippen molar-refractivity contribution < 1.29 is 0 Å². The van der Waals surface area contributed by atoms with Crippen LogP contribution in [0.2, 0.25) is 0 Å². The lowest BCUT2D eigenvalue weighted by atomic mass is 9.72. The number of rotatable bonds is 3. The molecule has 2 rings (SSSR count). The lowest BCUT2D eigenvalue weighted by Gasteiger charge is -2.38. The van der Waals surface area contributed by atoms with E-state index in [-0.39, 0.29) is 5.54 Å². The van der Waals surface area contributed by atoms with Crippen molar-refractivity contribution >= 4 is 5.69 Å². The Hall–Kier alpha value is -1.02. The molecule has 0 amide bonds. The zero-order valence-electron chi connectivity index (χ0n) is 11.0. The maximum Gasteiger partial charge on any atom is 0.0415 e. The maximum absolute atomic E-state index is 6.66. The molecule has 0 saturated carbocycles. The Morgan fingerprint density at radius 3 is 2.88 bits per heavy atom. The lowest BCUT2D eigenvalue weighted by Crippen LogP contribution is -2.41. The van der Waals surface area contributed by atoms with Crippen LogP contribution in [0.5, 0.6) is 0 Å². The summed E-state index contributed by atoms with van der Waals surface area (Å²) in [5.74, 6) is 0.674. The van der Waals surface area contributed by atoms with Crippen molar-refractivity contribution in [3.8, 4) is 0 Å². The molecule has 1 aliphatic carbocycles. The fourth-order valence-electron chi connectivity index (χ4n) is 3.04. The highest BCUT2D eigenvalue weighted by atomic mass is 14.8. The van der Waals surface area contributed by atoms with E-state index in [0.29, 0.717) is 5.92 Å². The maximum atomic E-state index is 6.66. The van der Waals surface area contributed by atoms with Crippen LogP contribution in [0.4, 0.5) is 5.69 Å². The third kappa shape index (κ3) is 2.32. The summed E-state index contributed by atoms with van der Waals surface area (Å²) in [4.78, 5) is 0. The molecule has 1 aromatic carbocycles. The number of hydrogen-bond donors (Lipinski definition) is 2. The molecular formula is C15H24N2. The van der Waals surface area contributed by atoms with Gasteiger partial charge in [-0.3, -0.25) is 0 Å². The van der Waals surface area contributed by atoms with Gasteiger partial charge in [-0.05, 0) is 48.8 Å². The molecule has 2 nitrogen and oxygen atoms in total. The second-order valence-electron chi connectivity index (χ2n) is 5.60. The van der Waals surface area contributed by atoms with E-state index in [1.807, 2.05) is 12.1 Å². The van der Waals surface area contributed by atoms with Gasteiger partial charge in [0.1, 0.15) is 0 Å². The highest BCUT2D eigenvalue weighted by molar-refractivity contribution is 5.54. The van der Waals surface area contributed by atoms with Gasteiger partial charge in [0.2, 0.25) is 0 Å². The first-order chi connectivity index (χ1) is 8.07. The fourth-order valence-corrected chi connectivity index (χ4v) is 3.04. The molecule has 1 aliphatic rings. The summed E-state index contributed by atoms with van der Waals surface area (Å²) in [6.45, 7) is 4.52. The molecule has 0 radical (unpaired) electrons. The number of nitrogen functional groups attached to an aromatic ring is 1. The molecule has 0 spiro atoms. The summed E-state index contributed by atoms with van der Waals surface area (Å²) in [5, 5.41) is 0. The Morgan fingerprint density at radius 1 is 1.41 bits per heavy atom. The minimum atomic E-state index is -0.154. The van der Waals surface area contributed by atoms with Gasteiger partial charge in [0.05, 0.1) is 0 Å². The monoisotopic (exact) mass is 232 g/mol. The average molecular weight is 232 g/mol. The first kappa shape index (κ1) is 12.4. The number of nitrogens with two attached hydrogens (primary N) is 2. The Balaban J connectivity index is 2.36. The van der Waals surface area contributed by atoms with Gasteiger partial charge in [-0.2, -0.15) is 0 Å². The van der Waals surface area contributed by atoms with Gasteiger partial charge in [0, 0.05) is 11.2 Å². The zero-order chi connectivity index (χ0) is 12.5. The van der Waals surface area contributed by atoms with E-state index in [1.165, 1.54) is 17.5 Å². The second-order valence-corrected chi connectivity index (χ2v) is 5.60. The molecule has 0 heterocycles. The van der Waals surface area contributed by atoms with E-state index in [4.69, 9.17) is 11.5 Å². The van der Waals surface area contributed by atoms with E-state index in [1.54, 1.807) is 0 Å². The number of benzene rings is 1. The van der Waals surface area contributed by atoms with E-state index >= 15 is 0 Å². The lowest BCUT2D eigenvalue weighted by molar-refractivity contribution is 0.289. The summed E-state index contributed by atoms with van der Waals surface area (Å²) in [6, 6.07) is 6.21. The summed E-state index contributed by atoms with van der Waals surface area (Å²) in [5.41, 5.74) is 16.1. The average Bonchev–Trinajstić information content (AvgIpc) is 2.30. The molecule has 17 heavy (non-hydrogen) atoms. The normalized spacial score (nSPS) is 25.4. The van der Waals surface area contributed by atoms with Crippen LogP contribution in [0.15, 0.2) is 18.2 Å². The van der Waals surface area contributed by atoms with Crippen LogP contribution in [-0.2, 0) is 12.0 Å². The molecule has 0 bridgehead atoms. The largest absolute Gasteiger partial charge is 0.398 e. The fraction of sp³-hybridized carbons (Fsp3) is 0.600. The first-order valence-corrected chi connectivity index (χ1v) is 6.73. The van der Waals surface area contributed by atoms with Crippen LogP contribution in [0.3, 0.4) is 0 Å². The van der Waals surface area contributed by atoms with Crippen LogP contribution in [0, 0.1) is 5.92 Å². The van der Waals surface area contributed by atoms with Crippen molar-refractivity contribution in [1.82, 2.24) is 0 Å². The van der Waals surface area contributed by atoms with E-state index in [2.05, 4.69) is 19.9 Å². The highest BCUT2D eigenvalue weighted by Gasteiger charge is 2.34. The molecule has 2 heteroatoms. The van der Waals surface area contributed by atoms with Gasteiger partial charge < -0.3 is 11.5 Å². The topological polar surface area (TPSA) is 52.0 Å². The van der Waals surface area contributed by atoms with Crippen LogP contribution in [-0.4, -0.2) is 0 Å². The highest BCUT2D eigenvalue weighted by Crippen LogP contribution is 2.40. The van der Waals surface area contributed by atoms with Crippen molar-refractivity contribution in [2.24, 2.45) is 11.7 Å². The molecule has 0 fully saturated rings. The Labute approximate surface area is 104 Å². The van der Waals surface area contributed by atoms with Gasteiger partial charge in [0.25, 0.3) is 0 Å². The summed E-state index contributed by atoms with van der Waals surface area (Å²) in [6.07, 6.45) is 5.60. The van der Waals surface area contributed by atoms with Gasteiger partial charge in [-0.1, -0.05) is 32.4 Å². The molecule has 0 aromatic heterocycles. The smallest absolute Gasteiger partial charge is 0.0415 e. The third-order valence-corrected chi connectivity index (χ3v) is 4.21. The van der Waals surface area contributed by atoms with Crippen LogP contribution in [0.25, 0.3) is 0 Å². The first-order valence-electron chi connectivity index (χ1n) is 6.73. The second kappa shape index (κ2) is 4.69. The molecule has 4 N–H and O–H groups in total. The summed E-state index contributed by atoms with van der Waals surface area (Å²) < 4.78 is 0. The minimum Gasteiger partial charge on any atom is -0.398 e. The van der Waals surface area contributed by atoms with Gasteiger partial charge in [-0.25, -0.2) is 0 Å². The van der Waals surface area contributed by atoms with Crippen LogP contribution < -0.4 is 11.5 Å². The van der Waals surface area contributed by atoms with E-state index in [0.717, 1.165) is 31.4 Å². The predicted molar refractivity (Wildman–Crippen MR) is 73.7 cm³/mol. The number of hydrogen-bond acceptors (Lipinski definition) is 2. The molecule has 2 unspecified atom stereocenters. The molecule has 1 aromatic rings. The summed E-state index contributed by atoms with van der Waals surface area (Å²) >= 11 is 0. The molecule has 2 atom stereocenters. The van der Waals surface area contributed by atoms with Crippen LogP contribution in [0.1, 0.15) is 50.7 Å². The van der Waals surface area contributed by atoms with Crippen molar-refractivity contribution in [2.75, 3.05) is 5.73 Å². The van der Waals surface area contributed by atoms with Gasteiger partial charge >= 0.3 is 0 Å². The molecular weight excluding hydrogens is 208 g/mol. The van der Waals surface area contributed by atoms with Crippen LogP contribution >= 0.6 is 0 Å². The standard InChI is InChI=1S/C15H24N2/c1-3-11(2)10-15(17)9-5-6-12-13(15)7-4-8-14(12)16/h4,7-8,11H,3,5-6,9-10,16-17H2,1-2H3. The number of fused-ring (bicyclic) bond motifs is 1. The van der Waals surface area contributed by atoms with Crippen molar-refractivity contribution in [3.05, 3.63) is 29.3 Å². The van der Waals surface area contributed by atoms with Crippen molar-refractivity contribution in [3.63, 3.8) is 0 Å². The zero-order valence-corrected chi connectivity index (χ0v) is 11.0. The molecule has 0 saturated heterocycles. The van der Waals surface area contributed by atoms with Gasteiger partial charge in [-0.15, -0.1) is 0 Å². The Bertz CT molecular complexity index is 400. The minimum absolute atomic E-state index is 0.154. The van der Waals surface area contributed by atoms with E-state index in [9.17, 15) is 0 Å². The Kier molecular flexibility index (Phi) is 3.43. The van der Waals surface area contributed by atoms with Crippen molar-refractivity contribution in [1.29, 1.82) is 0 Å². The molecule has 0 aliphatic heterocycles. The van der Waals surface area contributed by atoms with Crippen molar-refractivity contribution in [2.45, 2.75) is 51.5 Å². The predicted octanol–water partition coefficient (Wildman–Crippen LogP) is 3.20.